The van der Waals surface area contributed by atoms with Crippen LogP contribution >= 0.6 is 0 Å². The maximum Gasteiger partial charge on any atom is 0.161 e. The highest BCUT2D eigenvalue weighted by Crippen LogP contribution is 2.11. The fraction of sp³-hybridized carbons (Fsp3) is 0.857. The maximum atomic E-state index is 10.9. The Balaban J connectivity index is 2.31. The molecular weight excluding hydrogens is 130 g/mol. The van der Waals surface area contributed by atoms with Crippen molar-refractivity contribution in [2.45, 2.75) is 12.8 Å². The molecule has 0 unspecified atom stereocenters. The van der Waals surface area contributed by atoms with Gasteiger partial charge in [-0.3, -0.25) is 4.79 Å². The summed E-state index contributed by atoms with van der Waals surface area (Å²) in [5.41, 5.74) is 0. The van der Waals surface area contributed by atoms with Crippen molar-refractivity contribution in [3.63, 3.8) is 0 Å². The Hall–Kier alpha value is -0.410. The molecule has 0 saturated carbocycles. The zero-order valence-electron chi connectivity index (χ0n) is 5.97. The molecule has 1 fully saturated rings. The monoisotopic (exact) mass is 143 g/mol. The van der Waals surface area contributed by atoms with Crippen molar-refractivity contribution >= 4 is 5.78 Å². The number of aliphatic hydroxyl groups excluding tert-OH is 1. The maximum absolute atomic E-state index is 10.9. The zero-order chi connectivity index (χ0) is 7.40. The van der Waals surface area contributed by atoms with Gasteiger partial charge in [0.05, 0.1) is 0 Å². The number of hydrogen-bond acceptors (Lipinski definition) is 3. The van der Waals surface area contributed by atoms with Crippen molar-refractivity contribution in [3.05, 3.63) is 0 Å². The van der Waals surface area contributed by atoms with Crippen molar-refractivity contribution in [2.75, 3.05) is 19.7 Å². The van der Waals surface area contributed by atoms with E-state index in [2.05, 4.69) is 5.32 Å². The highest BCUT2D eigenvalue weighted by atomic mass is 16.3. The molecule has 0 amide bonds. The van der Waals surface area contributed by atoms with Crippen molar-refractivity contribution in [1.82, 2.24) is 5.32 Å². The van der Waals surface area contributed by atoms with Crippen LogP contribution in [0.5, 0.6) is 0 Å². The second-order valence-electron chi connectivity index (χ2n) is 2.65. The molecule has 0 radical (unpaired) electrons. The Bertz CT molecular complexity index is 119. The first kappa shape index (κ1) is 7.69. The molecule has 3 heteroatoms. The van der Waals surface area contributed by atoms with Crippen molar-refractivity contribution in [2.24, 2.45) is 5.92 Å². The second kappa shape index (κ2) is 3.68. The molecule has 0 aromatic rings. The highest BCUT2D eigenvalue weighted by molar-refractivity contribution is 5.82. The summed E-state index contributed by atoms with van der Waals surface area (Å²) in [7, 11) is 0. The van der Waals surface area contributed by atoms with E-state index in [1.54, 1.807) is 0 Å². The standard InChI is InChI=1S/C7H13NO2/c9-5-7(10)6-1-3-8-4-2-6/h6,8-9H,1-5H2. The number of ketones is 1. The van der Waals surface area contributed by atoms with E-state index >= 15 is 0 Å². The summed E-state index contributed by atoms with van der Waals surface area (Å²) >= 11 is 0. The average molecular weight is 143 g/mol. The number of piperidine rings is 1. The van der Waals surface area contributed by atoms with Crippen LogP contribution in [-0.4, -0.2) is 30.6 Å². The molecule has 1 heterocycles. The summed E-state index contributed by atoms with van der Waals surface area (Å²) in [5.74, 6) is 0.118. The van der Waals surface area contributed by atoms with E-state index in [0.29, 0.717) is 0 Å². The molecule has 0 aromatic heterocycles. The molecule has 0 bridgehead atoms. The molecule has 2 N–H and O–H groups in total. The van der Waals surface area contributed by atoms with E-state index in [0.717, 1.165) is 25.9 Å². The Morgan fingerprint density at radius 3 is 2.60 bits per heavy atom. The first-order valence-corrected chi connectivity index (χ1v) is 3.69. The molecule has 0 aliphatic carbocycles. The van der Waals surface area contributed by atoms with Crippen LogP contribution in [0.3, 0.4) is 0 Å². The lowest BCUT2D eigenvalue weighted by Gasteiger charge is -2.20. The van der Waals surface area contributed by atoms with Gasteiger partial charge in [0, 0.05) is 5.92 Å². The van der Waals surface area contributed by atoms with Gasteiger partial charge in [-0.2, -0.15) is 0 Å². The lowest BCUT2D eigenvalue weighted by atomic mass is 9.94. The predicted octanol–water partition coefficient (Wildman–Crippen LogP) is -0.453. The van der Waals surface area contributed by atoms with Crippen LogP contribution in [-0.2, 0) is 4.79 Å². The third-order valence-electron chi connectivity index (χ3n) is 1.95. The number of carbonyl (C=O) groups excluding carboxylic acids is 1. The van der Waals surface area contributed by atoms with Crippen LogP contribution in [0.4, 0.5) is 0 Å². The van der Waals surface area contributed by atoms with Gasteiger partial charge in [0.25, 0.3) is 0 Å². The van der Waals surface area contributed by atoms with Crippen molar-refractivity contribution in [1.29, 1.82) is 0 Å². The molecule has 1 aliphatic heterocycles. The molecule has 1 saturated heterocycles. The molecule has 1 aliphatic rings. The molecule has 1 rings (SSSR count). The Labute approximate surface area is 60.4 Å². The first-order valence-electron chi connectivity index (χ1n) is 3.69. The van der Waals surface area contributed by atoms with E-state index in [-0.39, 0.29) is 18.3 Å². The second-order valence-corrected chi connectivity index (χ2v) is 2.65. The fourth-order valence-electron chi connectivity index (χ4n) is 1.27. The molecule has 0 atom stereocenters. The van der Waals surface area contributed by atoms with E-state index in [4.69, 9.17) is 5.11 Å². The van der Waals surface area contributed by atoms with Crippen LogP contribution in [0.25, 0.3) is 0 Å². The molecule has 3 nitrogen and oxygen atoms in total. The Kier molecular flexibility index (Phi) is 2.83. The SMILES string of the molecule is O=C(CO)C1CCNCC1. The quantitative estimate of drug-likeness (QED) is 0.550. The van der Waals surface area contributed by atoms with Gasteiger partial charge in [0.1, 0.15) is 6.61 Å². The number of carbonyl (C=O) groups is 1. The van der Waals surface area contributed by atoms with Crippen LogP contribution in [0, 0.1) is 5.92 Å². The minimum Gasteiger partial charge on any atom is -0.389 e. The zero-order valence-corrected chi connectivity index (χ0v) is 5.97. The molecule has 10 heavy (non-hydrogen) atoms. The topological polar surface area (TPSA) is 49.3 Å². The van der Waals surface area contributed by atoms with Gasteiger partial charge in [0.15, 0.2) is 5.78 Å². The summed E-state index contributed by atoms with van der Waals surface area (Å²) in [4.78, 5) is 10.9. The van der Waals surface area contributed by atoms with Gasteiger partial charge < -0.3 is 10.4 Å². The summed E-state index contributed by atoms with van der Waals surface area (Å²) < 4.78 is 0. The number of hydrogen-bond donors (Lipinski definition) is 2. The number of rotatable bonds is 2. The predicted molar refractivity (Wildman–Crippen MR) is 37.7 cm³/mol. The molecule has 58 valence electrons. The van der Waals surface area contributed by atoms with Gasteiger partial charge in [0.2, 0.25) is 0 Å². The van der Waals surface area contributed by atoms with E-state index in [9.17, 15) is 4.79 Å². The highest BCUT2D eigenvalue weighted by Gasteiger charge is 2.19. The summed E-state index contributed by atoms with van der Waals surface area (Å²) in [6.07, 6.45) is 1.78. The van der Waals surface area contributed by atoms with Gasteiger partial charge >= 0.3 is 0 Å². The third kappa shape index (κ3) is 1.78. The molecular formula is C7H13NO2. The minimum absolute atomic E-state index is 0.00139. The summed E-state index contributed by atoms with van der Waals surface area (Å²) in [6, 6.07) is 0. The van der Waals surface area contributed by atoms with E-state index < -0.39 is 0 Å². The molecule has 0 spiro atoms. The van der Waals surface area contributed by atoms with Crippen molar-refractivity contribution < 1.29 is 9.90 Å². The average Bonchev–Trinajstić information content (AvgIpc) is 2.05. The smallest absolute Gasteiger partial charge is 0.161 e. The molecule has 0 aromatic carbocycles. The number of Topliss-reactive ketones (excluding diaryl/α,β-unsaturated/α-hetero) is 1. The fourth-order valence-corrected chi connectivity index (χ4v) is 1.27. The van der Waals surface area contributed by atoms with Gasteiger partial charge in [-0.05, 0) is 25.9 Å². The minimum atomic E-state index is -0.287. The largest absolute Gasteiger partial charge is 0.389 e. The number of aliphatic hydroxyl groups is 1. The Morgan fingerprint density at radius 1 is 1.50 bits per heavy atom. The lowest BCUT2D eigenvalue weighted by molar-refractivity contribution is -0.126. The third-order valence-corrected chi connectivity index (χ3v) is 1.95. The summed E-state index contributed by atoms with van der Waals surface area (Å²) in [5, 5.41) is 11.7. The Morgan fingerprint density at radius 2 is 2.10 bits per heavy atom. The van der Waals surface area contributed by atoms with Gasteiger partial charge in [-0.1, -0.05) is 0 Å². The van der Waals surface area contributed by atoms with Crippen LogP contribution in [0.2, 0.25) is 0 Å². The lowest BCUT2D eigenvalue weighted by Crippen LogP contribution is -2.32. The number of nitrogens with one attached hydrogen (secondary N) is 1. The van der Waals surface area contributed by atoms with E-state index in [1.807, 2.05) is 0 Å². The van der Waals surface area contributed by atoms with Crippen LogP contribution in [0.15, 0.2) is 0 Å². The summed E-state index contributed by atoms with van der Waals surface area (Å²) in [6.45, 7) is 1.54. The van der Waals surface area contributed by atoms with E-state index in [1.165, 1.54) is 0 Å². The van der Waals surface area contributed by atoms with Gasteiger partial charge in [-0.25, -0.2) is 0 Å². The first-order chi connectivity index (χ1) is 4.84. The van der Waals surface area contributed by atoms with Gasteiger partial charge in [-0.15, -0.1) is 0 Å². The normalized spacial score (nSPS) is 20.9. The van der Waals surface area contributed by atoms with Crippen molar-refractivity contribution in [3.8, 4) is 0 Å². The van der Waals surface area contributed by atoms with Crippen LogP contribution in [0.1, 0.15) is 12.8 Å². The van der Waals surface area contributed by atoms with Crippen LogP contribution < -0.4 is 5.32 Å².